The van der Waals surface area contributed by atoms with Crippen LogP contribution in [0.1, 0.15) is 0 Å². The molecular formula is C12H9FN2O2. The minimum atomic E-state index is -0.497. The van der Waals surface area contributed by atoms with Crippen LogP contribution in [-0.2, 0) is 0 Å². The summed E-state index contributed by atoms with van der Waals surface area (Å²) < 4.78 is 13.6. The lowest BCUT2D eigenvalue weighted by atomic mass is 10.0. The molecule has 0 unspecified atom stereocenters. The van der Waals surface area contributed by atoms with Gasteiger partial charge in [-0.3, -0.25) is 10.1 Å². The number of hydrogen-bond acceptors (Lipinski definition) is 3. The van der Waals surface area contributed by atoms with Gasteiger partial charge in [0, 0.05) is 23.4 Å². The van der Waals surface area contributed by atoms with Gasteiger partial charge in [-0.2, -0.15) is 0 Å². The van der Waals surface area contributed by atoms with E-state index in [-0.39, 0.29) is 5.69 Å². The topological polar surface area (TPSA) is 69.2 Å². The van der Waals surface area contributed by atoms with Gasteiger partial charge in [-0.25, -0.2) is 4.39 Å². The lowest BCUT2D eigenvalue weighted by molar-refractivity contribution is -0.384. The molecule has 0 heterocycles. The Hall–Kier alpha value is -2.43. The summed E-state index contributed by atoms with van der Waals surface area (Å²) in [6.45, 7) is 0. The van der Waals surface area contributed by atoms with E-state index in [1.54, 1.807) is 12.1 Å². The normalized spacial score (nSPS) is 10.2. The molecule has 0 aliphatic rings. The van der Waals surface area contributed by atoms with E-state index in [0.29, 0.717) is 16.8 Å². The van der Waals surface area contributed by atoms with Crippen LogP contribution < -0.4 is 5.73 Å². The maximum Gasteiger partial charge on any atom is 0.269 e. The average Bonchev–Trinajstić information content (AvgIpc) is 2.29. The molecule has 0 saturated heterocycles. The Morgan fingerprint density at radius 1 is 1.12 bits per heavy atom. The molecule has 0 radical (unpaired) electrons. The predicted octanol–water partition coefficient (Wildman–Crippen LogP) is 2.98. The van der Waals surface area contributed by atoms with E-state index in [0.717, 1.165) is 0 Å². The third-order valence-corrected chi connectivity index (χ3v) is 2.38. The van der Waals surface area contributed by atoms with Gasteiger partial charge in [0.1, 0.15) is 5.82 Å². The van der Waals surface area contributed by atoms with E-state index in [9.17, 15) is 14.5 Å². The van der Waals surface area contributed by atoms with Crippen molar-refractivity contribution >= 4 is 11.4 Å². The first-order valence-electron chi connectivity index (χ1n) is 4.88. The molecule has 2 rings (SSSR count). The number of hydrogen-bond donors (Lipinski definition) is 1. The number of halogens is 1. The summed E-state index contributed by atoms with van der Waals surface area (Å²) in [5.41, 5.74) is 6.70. The molecule has 2 aromatic rings. The van der Waals surface area contributed by atoms with Crippen LogP contribution in [0.3, 0.4) is 0 Å². The summed E-state index contributed by atoms with van der Waals surface area (Å²) in [4.78, 5) is 9.98. The Bertz CT molecular complexity index is 567. The number of nitrogens with zero attached hydrogens (tertiary/aromatic N) is 1. The Morgan fingerprint density at radius 2 is 1.76 bits per heavy atom. The second-order valence-electron chi connectivity index (χ2n) is 3.54. The Morgan fingerprint density at radius 3 is 2.29 bits per heavy atom. The molecule has 17 heavy (non-hydrogen) atoms. The number of nitrogens with two attached hydrogens (primary N) is 1. The van der Waals surface area contributed by atoms with Crippen LogP contribution in [0, 0.1) is 15.9 Å². The van der Waals surface area contributed by atoms with Crippen molar-refractivity contribution in [1.82, 2.24) is 0 Å². The smallest absolute Gasteiger partial charge is 0.269 e. The van der Waals surface area contributed by atoms with Gasteiger partial charge in [-0.1, -0.05) is 0 Å². The fraction of sp³-hybridized carbons (Fsp3) is 0. The molecule has 0 atom stereocenters. The maximum absolute atomic E-state index is 13.6. The van der Waals surface area contributed by atoms with Gasteiger partial charge in [0.15, 0.2) is 0 Å². The molecule has 5 heteroatoms. The third kappa shape index (κ3) is 2.23. The van der Waals surface area contributed by atoms with Gasteiger partial charge in [-0.15, -0.1) is 0 Å². The molecule has 0 bridgehead atoms. The Labute approximate surface area is 96.6 Å². The van der Waals surface area contributed by atoms with Gasteiger partial charge in [0.25, 0.3) is 5.69 Å². The van der Waals surface area contributed by atoms with Crippen molar-refractivity contribution in [2.24, 2.45) is 0 Å². The predicted molar refractivity (Wildman–Crippen MR) is 62.9 cm³/mol. The summed E-state index contributed by atoms with van der Waals surface area (Å²) in [5, 5.41) is 10.5. The van der Waals surface area contributed by atoms with Crippen LogP contribution >= 0.6 is 0 Å². The number of anilines is 1. The molecule has 0 fully saturated rings. The number of benzene rings is 2. The fourth-order valence-corrected chi connectivity index (χ4v) is 1.53. The van der Waals surface area contributed by atoms with Gasteiger partial charge in [0.05, 0.1) is 4.92 Å². The lowest BCUT2D eigenvalue weighted by Crippen LogP contribution is -1.90. The molecule has 0 aliphatic carbocycles. The molecule has 86 valence electrons. The van der Waals surface area contributed by atoms with Crippen LogP contribution in [0.2, 0.25) is 0 Å². The summed E-state index contributed by atoms with van der Waals surface area (Å²) >= 11 is 0. The van der Waals surface area contributed by atoms with Crippen LogP contribution in [0.25, 0.3) is 11.1 Å². The van der Waals surface area contributed by atoms with Gasteiger partial charge < -0.3 is 5.73 Å². The highest BCUT2D eigenvalue weighted by atomic mass is 19.1. The number of nitro groups is 1. The summed E-state index contributed by atoms with van der Waals surface area (Å²) in [5.74, 6) is -0.446. The summed E-state index contributed by atoms with van der Waals surface area (Å²) in [6, 6.07) is 10.0. The van der Waals surface area contributed by atoms with Crippen molar-refractivity contribution in [2.45, 2.75) is 0 Å². The highest BCUT2D eigenvalue weighted by Gasteiger charge is 2.08. The summed E-state index contributed by atoms with van der Waals surface area (Å²) in [7, 11) is 0. The van der Waals surface area contributed by atoms with Crippen molar-refractivity contribution in [3.8, 4) is 11.1 Å². The minimum Gasteiger partial charge on any atom is -0.399 e. The first kappa shape index (κ1) is 11.1. The van der Waals surface area contributed by atoms with Crippen molar-refractivity contribution in [1.29, 1.82) is 0 Å². The Kier molecular flexibility index (Phi) is 2.74. The third-order valence-electron chi connectivity index (χ3n) is 2.38. The van der Waals surface area contributed by atoms with E-state index in [4.69, 9.17) is 5.73 Å². The van der Waals surface area contributed by atoms with Crippen molar-refractivity contribution < 1.29 is 9.31 Å². The van der Waals surface area contributed by atoms with Crippen LogP contribution in [0.15, 0.2) is 42.5 Å². The molecule has 0 amide bonds. The van der Waals surface area contributed by atoms with Crippen molar-refractivity contribution in [2.75, 3.05) is 5.73 Å². The van der Waals surface area contributed by atoms with Crippen LogP contribution in [0.4, 0.5) is 15.8 Å². The maximum atomic E-state index is 13.6. The average molecular weight is 232 g/mol. The van der Waals surface area contributed by atoms with E-state index in [1.807, 2.05) is 0 Å². The van der Waals surface area contributed by atoms with E-state index < -0.39 is 10.7 Å². The molecule has 2 aromatic carbocycles. The monoisotopic (exact) mass is 232 g/mol. The highest BCUT2D eigenvalue weighted by molar-refractivity contribution is 5.67. The summed E-state index contributed by atoms with van der Waals surface area (Å²) in [6.07, 6.45) is 0. The van der Waals surface area contributed by atoms with Crippen LogP contribution in [0.5, 0.6) is 0 Å². The molecule has 0 saturated carbocycles. The first-order chi connectivity index (χ1) is 8.08. The molecule has 0 aliphatic heterocycles. The molecule has 4 nitrogen and oxygen atoms in total. The zero-order valence-corrected chi connectivity index (χ0v) is 8.76. The standard InChI is InChI=1S/C12H9FN2O2/c13-12-7-9(14)3-6-11(12)8-1-4-10(5-2-8)15(16)17/h1-7H,14H2. The fourth-order valence-electron chi connectivity index (χ4n) is 1.53. The zero-order valence-electron chi connectivity index (χ0n) is 8.76. The van der Waals surface area contributed by atoms with Crippen molar-refractivity contribution in [3.05, 3.63) is 58.4 Å². The highest BCUT2D eigenvalue weighted by Crippen LogP contribution is 2.26. The first-order valence-corrected chi connectivity index (χ1v) is 4.88. The molecule has 0 aromatic heterocycles. The number of nitro benzene ring substituents is 1. The van der Waals surface area contributed by atoms with Gasteiger partial charge in [-0.05, 0) is 35.9 Å². The van der Waals surface area contributed by atoms with Gasteiger partial charge in [0.2, 0.25) is 0 Å². The second kappa shape index (κ2) is 4.21. The van der Waals surface area contributed by atoms with E-state index in [2.05, 4.69) is 0 Å². The van der Waals surface area contributed by atoms with E-state index >= 15 is 0 Å². The largest absolute Gasteiger partial charge is 0.399 e. The number of non-ortho nitro benzene ring substituents is 1. The minimum absolute atomic E-state index is 0.0235. The quantitative estimate of drug-likeness (QED) is 0.491. The zero-order chi connectivity index (χ0) is 12.4. The van der Waals surface area contributed by atoms with E-state index in [1.165, 1.54) is 30.3 Å². The second-order valence-corrected chi connectivity index (χ2v) is 3.54. The van der Waals surface area contributed by atoms with Crippen LogP contribution in [-0.4, -0.2) is 4.92 Å². The molecular weight excluding hydrogens is 223 g/mol. The number of nitrogen functional groups attached to an aromatic ring is 1. The molecule has 2 N–H and O–H groups in total. The SMILES string of the molecule is Nc1ccc(-c2ccc([N+](=O)[O-])cc2)c(F)c1. The Balaban J connectivity index is 2.43. The van der Waals surface area contributed by atoms with Crippen molar-refractivity contribution in [3.63, 3.8) is 0 Å². The van der Waals surface area contributed by atoms with Gasteiger partial charge >= 0.3 is 0 Å². The lowest BCUT2D eigenvalue weighted by Gasteiger charge is -2.04. The number of rotatable bonds is 2. The molecule has 0 spiro atoms.